The van der Waals surface area contributed by atoms with Crippen molar-refractivity contribution >= 4 is 14.4 Å². The molecule has 0 aromatic heterocycles. The summed E-state index contributed by atoms with van der Waals surface area (Å²) in [6, 6.07) is 0. The second kappa shape index (κ2) is 6.41. The van der Waals surface area contributed by atoms with Gasteiger partial charge in [-0.2, -0.15) is 0 Å². The lowest BCUT2D eigenvalue weighted by Crippen LogP contribution is -2.10. The lowest BCUT2D eigenvalue weighted by atomic mass is 10.1. The molecule has 0 spiro atoms. The van der Waals surface area contributed by atoms with Crippen LogP contribution in [0.1, 0.15) is 48.5 Å². The molecule has 0 aliphatic rings. The minimum Gasteiger partial charge on any atom is -0.293 e. The highest BCUT2D eigenvalue weighted by molar-refractivity contribution is 8.34. The minimum atomic E-state index is -1.000. The summed E-state index contributed by atoms with van der Waals surface area (Å²) in [7, 11) is 0.176. The van der Waals surface area contributed by atoms with Gasteiger partial charge in [0.25, 0.3) is 0 Å². The molecular weight excluding hydrogens is 220 g/mol. The van der Waals surface area contributed by atoms with Crippen LogP contribution in [0.2, 0.25) is 0 Å². The Bertz CT molecular complexity index is 216. The molecule has 0 bridgehead atoms. The monoisotopic (exact) mass is 249 g/mol. The van der Waals surface area contributed by atoms with E-state index in [1.807, 2.05) is 0 Å². The average Bonchev–Trinajstić information content (AvgIpc) is 2.16. The van der Waals surface area contributed by atoms with Crippen molar-refractivity contribution in [3.05, 3.63) is 0 Å². The third-order valence-electron chi connectivity index (χ3n) is 2.76. The maximum Gasteiger partial charge on any atom is 0.0513 e. The van der Waals surface area contributed by atoms with Gasteiger partial charge >= 0.3 is 0 Å². The Hall–Kier alpha value is 0.660. The van der Waals surface area contributed by atoms with E-state index in [0.29, 0.717) is 0 Å². The van der Waals surface area contributed by atoms with E-state index in [4.69, 9.17) is 4.74 Å². The molecule has 0 radical (unpaired) electrons. The Kier molecular flexibility index (Phi) is 6.69. The molecule has 0 aliphatic heterocycles. The van der Waals surface area contributed by atoms with E-state index in [2.05, 4.69) is 48.5 Å². The summed E-state index contributed by atoms with van der Waals surface area (Å²) >= 11 is 0. The maximum atomic E-state index is 5.26. The molecule has 3 heteroatoms. The van der Waals surface area contributed by atoms with Crippen molar-refractivity contribution in [2.45, 2.75) is 54.0 Å². The van der Waals surface area contributed by atoms with Gasteiger partial charge in [-0.1, -0.05) is 35.3 Å². The topological polar surface area (TPSA) is 12.4 Å². The average molecular weight is 249 g/mol. The summed E-state index contributed by atoms with van der Waals surface area (Å²) in [5.74, 6) is 0. The predicted octanol–water partition coefficient (Wildman–Crippen LogP) is 5.46. The van der Waals surface area contributed by atoms with Crippen molar-refractivity contribution in [3.63, 3.8) is 0 Å². The largest absolute Gasteiger partial charge is 0.293 e. The van der Waals surface area contributed by atoms with Crippen molar-refractivity contribution in [3.8, 4) is 0 Å². The molecule has 0 atom stereocenters. The fourth-order valence-corrected chi connectivity index (χ4v) is 13.2. The molecule has 0 aromatic carbocycles. The van der Waals surface area contributed by atoms with Gasteiger partial charge in [-0.25, -0.2) is 0 Å². The fourth-order valence-electron chi connectivity index (χ4n) is 2.14. The summed E-state index contributed by atoms with van der Waals surface area (Å²) in [6.07, 6.45) is 5.35. The summed E-state index contributed by atoms with van der Waals surface area (Å²) < 4.78 is 5.26. The first kappa shape index (κ1) is 15.7. The van der Waals surface area contributed by atoms with Crippen LogP contribution in [0.3, 0.4) is 0 Å². The van der Waals surface area contributed by atoms with Gasteiger partial charge in [0, 0.05) is 0 Å². The van der Waals surface area contributed by atoms with Crippen molar-refractivity contribution in [2.75, 3.05) is 24.6 Å². The highest BCUT2D eigenvalue weighted by Gasteiger charge is 2.26. The first-order valence-electron chi connectivity index (χ1n) is 6.22. The van der Waals surface area contributed by atoms with Crippen LogP contribution in [0.15, 0.2) is 4.74 Å². The molecule has 92 valence electrons. The van der Waals surface area contributed by atoms with Gasteiger partial charge in [0.2, 0.25) is 0 Å². The Labute approximate surface area is 98.1 Å². The fraction of sp³-hybridized carbons (Fsp3) is 1.00. The summed E-state index contributed by atoms with van der Waals surface area (Å²) in [5, 5.41) is 0. The van der Waals surface area contributed by atoms with Gasteiger partial charge in [0.05, 0.1) is 5.54 Å². The standard InChI is InChI=1S/C12H29NP2/c1-8-14(9-2)15(10-3,11-4)13-12(5,6)7/h8-11H2,1-7H3. The number of nitrogens with zero attached hydrogens (tertiary/aromatic N) is 1. The molecule has 0 rings (SSSR count). The second-order valence-corrected chi connectivity index (χ2v) is 14.4. The van der Waals surface area contributed by atoms with Crippen LogP contribution in [0, 0.1) is 0 Å². The first-order valence-corrected chi connectivity index (χ1v) is 10.7. The van der Waals surface area contributed by atoms with Gasteiger partial charge in [-0.15, -0.1) is 0 Å². The van der Waals surface area contributed by atoms with E-state index in [1.165, 1.54) is 24.6 Å². The minimum absolute atomic E-state index is 0.157. The van der Waals surface area contributed by atoms with E-state index in [1.54, 1.807) is 0 Å². The SMILES string of the molecule is CCP(CC)P(CC)(CC)=NC(C)(C)C. The highest BCUT2D eigenvalue weighted by Crippen LogP contribution is 2.77. The van der Waals surface area contributed by atoms with Gasteiger partial charge in [0.15, 0.2) is 0 Å². The summed E-state index contributed by atoms with van der Waals surface area (Å²) in [6.45, 7) is 15.2. The Morgan fingerprint density at radius 1 is 0.933 bits per heavy atom. The summed E-state index contributed by atoms with van der Waals surface area (Å²) in [4.78, 5) is 0. The van der Waals surface area contributed by atoms with Crippen molar-refractivity contribution < 1.29 is 0 Å². The maximum absolute atomic E-state index is 5.26. The molecule has 0 amide bonds. The van der Waals surface area contributed by atoms with E-state index >= 15 is 0 Å². The zero-order chi connectivity index (χ0) is 12.1. The second-order valence-electron chi connectivity index (χ2n) is 4.92. The third kappa shape index (κ3) is 4.58. The van der Waals surface area contributed by atoms with Crippen molar-refractivity contribution in [2.24, 2.45) is 4.74 Å². The number of rotatable bonds is 5. The van der Waals surface area contributed by atoms with Gasteiger partial charge in [-0.05, 0) is 52.2 Å². The molecule has 0 aliphatic carbocycles. The zero-order valence-electron chi connectivity index (χ0n) is 11.7. The number of hydrogen-bond donors (Lipinski definition) is 0. The molecule has 0 aromatic rings. The molecular formula is C12H29NP2. The summed E-state index contributed by atoms with van der Waals surface area (Å²) in [5.41, 5.74) is 0.157. The first-order chi connectivity index (χ1) is 6.85. The Morgan fingerprint density at radius 3 is 1.53 bits per heavy atom. The van der Waals surface area contributed by atoms with E-state index < -0.39 is 6.74 Å². The van der Waals surface area contributed by atoms with Crippen molar-refractivity contribution in [1.82, 2.24) is 0 Å². The quantitative estimate of drug-likeness (QED) is 0.573. The van der Waals surface area contributed by atoms with Crippen LogP contribution in [0.4, 0.5) is 0 Å². The molecule has 15 heavy (non-hydrogen) atoms. The molecule has 0 saturated heterocycles. The molecule has 0 N–H and O–H groups in total. The van der Waals surface area contributed by atoms with E-state index in [-0.39, 0.29) is 13.1 Å². The molecule has 0 saturated carbocycles. The molecule has 0 unspecified atom stereocenters. The molecule has 0 heterocycles. The van der Waals surface area contributed by atoms with E-state index in [9.17, 15) is 0 Å². The van der Waals surface area contributed by atoms with E-state index in [0.717, 1.165) is 0 Å². The van der Waals surface area contributed by atoms with Crippen LogP contribution in [0.5, 0.6) is 0 Å². The lowest BCUT2D eigenvalue weighted by Gasteiger charge is -2.34. The van der Waals surface area contributed by atoms with Crippen LogP contribution < -0.4 is 0 Å². The smallest absolute Gasteiger partial charge is 0.0513 e. The zero-order valence-corrected chi connectivity index (χ0v) is 13.5. The molecule has 0 fully saturated rings. The van der Waals surface area contributed by atoms with Gasteiger partial charge in [0.1, 0.15) is 0 Å². The molecule has 1 nitrogen and oxygen atoms in total. The normalized spacial score (nSPS) is 13.3. The Morgan fingerprint density at radius 2 is 1.33 bits per heavy atom. The van der Waals surface area contributed by atoms with Crippen LogP contribution >= 0.6 is 14.4 Å². The van der Waals surface area contributed by atoms with Crippen LogP contribution in [0.25, 0.3) is 0 Å². The van der Waals surface area contributed by atoms with Crippen molar-refractivity contribution in [1.29, 1.82) is 0 Å². The number of hydrogen-bond acceptors (Lipinski definition) is 1. The predicted molar refractivity (Wildman–Crippen MR) is 78.2 cm³/mol. The highest BCUT2D eigenvalue weighted by atomic mass is 32.1. The lowest BCUT2D eigenvalue weighted by molar-refractivity contribution is 0.590. The third-order valence-corrected chi connectivity index (χ3v) is 15.1. The Balaban J connectivity index is 5.30. The van der Waals surface area contributed by atoms with Crippen LogP contribution in [-0.4, -0.2) is 30.2 Å². The van der Waals surface area contributed by atoms with Gasteiger partial charge < -0.3 is 0 Å². The van der Waals surface area contributed by atoms with Crippen LogP contribution in [-0.2, 0) is 0 Å². The van der Waals surface area contributed by atoms with Gasteiger partial charge in [-0.3, -0.25) is 4.74 Å².